The molecule has 1 atom stereocenters. The number of halogens is 2. The van der Waals surface area contributed by atoms with Gasteiger partial charge in [0, 0.05) is 5.02 Å². The maximum Gasteiger partial charge on any atom is 0.0757 e. The van der Waals surface area contributed by atoms with Gasteiger partial charge < -0.3 is 5.11 Å². The fraction of sp³-hybridized carbons (Fsp3) is 0.455. The fourth-order valence-electron chi connectivity index (χ4n) is 1.08. The number of hydrogen-bond acceptors (Lipinski definition) is 1. The molecule has 78 valence electrons. The molecule has 14 heavy (non-hydrogen) atoms. The third kappa shape index (κ3) is 3.49. The molecule has 1 aromatic carbocycles. The first-order valence-corrected chi connectivity index (χ1v) is 5.32. The van der Waals surface area contributed by atoms with Gasteiger partial charge >= 0.3 is 0 Å². The smallest absolute Gasteiger partial charge is 0.0757 e. The average molecular weight is 233 g/mol. The van der Waals surface area contributed by atoms with E-state index in [9.17, 15) is 5.11 Å². The summed E-state index contributed by atoms with van der Waals surface area (Å²) >= 11 is 11.8. The van der Waals surface area contributed by atoms with Crippen LogP contribution in [0.4, 0.5) is 0 Å². The summed E-state index contributed by atoms with van der Waals surface area (Å²) in [5.74, 6) is 0. The Morgan fingerprint density at radius 3 is 2.21 bits per heavy atom. The standard InChI is InChI=1S/C11H14Cl2O/c1-11(2,14)10(13)7-8-3-5-9(12)6-4-8/h3-6,10,14H,7H2,1-2H3. The second-order valence-electron chi connectivity index (χ2n) is 3.95. The molecular weight excluding hydrogens is 219 g/mol. The van der Waals surface area contributed by atoms with Crippen LogP contribution in [0.1, 0.15) is 19.4 Å². The summed E-state index contributed by atoms with van der Waals surface area (Å²) in [6.07, 6.45) is 0.641. The van der Waals surface area contributed by atoms with Crippen LogP contribution in [0.3, 0.4) is 0 Å². The maximum atomic E-state index is 9.64. The SMILES string of the molecule is CC(C)(O)C(Cl)Cc1ccc(Cl)cc1. The van der Waals surface area contributed by atoms with Crippen molar-refractivity contribution < 1.29 is 5.11 Å². The van der Waals surface area contributed by atoms with Crippen molar-refractivity contribution in [1.29, 1.82) is 0 Å². The number of hydrogen-bond donors (Lipinski definition) is 1. The van der Waals surface area contributed by atoms with Gasteiger partial charge in [0.2, 0.25) is 0 Å². The Labute approximate surface area is 94.7 Å². The molecule has 0 heterocycles. The summed E-state index contributed by atoms with van der Waals surface area (Å²) in [6, 6.07) is 7.49. The number of benzene rings is 1. The van der Waals surface area contributed by atoms with Crippen LogP contribution in [0.25, 0.3) is 0 Å². The summed E-state index contributed by atoms with van der Waals surface area (Å²) < 4.78 is 0. The Kier molecular flexibility index (Phi) is 3.82. The predicted molar refractivity (Wildman–Crippen MR) is 61.1 cm³/mol. The van der Waals surface area contributed by atoms with E-state index in [0.29, 0.717) is 11.4 Å². The van der Waals surface area contributed by atoms with Gasteiger partial charge in [-0.15, -0.1) is 11.6 Å². The van der Waals surface area contributed by atoms with E-state index in [1.807, 2.05) is 24.3 Å². The van der Waals surface area contributed by atoms with Crippen molar-refractivity contribution in [2.24, 2.45) is 0 Å². The van der Waals surface area contributed by atoms with Gasteiger partial charge in [-0.25, -0.2) is 0 Å². The molecule has 1 nitrogen and oxygen atoms in total. The largest absolute Gasteiger partial charge is 0.389 e. The van der Waals surface area contributed by atoms with Gasteiger partial charge in [-0.1, -0.05) is 23.7 Å². The molecule has 0 bridgehead atoms. The molecule has 0 saturated heterocycles. The molecule has 1 aromatic rings. The normalized spacial score (nSPS) is 14.1. The van der Waals surface area contributed by atoms with Crippen LogP contribution in [-0.4, -0.2) is 16.1 Å². The molecule has 0 spiro atoms. The highest BCUT2D eigenvalue weighted by Crippen LogP contribution is 2.20. The van der Waals surface area contributed by atoms with Crippen molar-refractivity contribution in [3.63, 3.8) is 0 Å². The summed E-state index contributed by atoms with van der Waals surface area (Å²) in [5, 5.41) is 10.1. The Morgan fingerprint density at radius 1 is 1.29 bits per heavy atom. The van der Waals surface area contributed by atoms with Crippen LogP contribution in [0.2, 0.25) is 5.02 Å². The molecule has 0 aliphatic carbocycles. The monoisotopic (exact) mass is 232 g/mol. The first-order valence-electron chi connectivity index (χ1n) is 4.50. The zero-order valence-corrected chi connectivity index (χ0v) is 9.81. The maximum absolute atomic E-state index is 9.64. The second kappa shape index (κ2) is 4.52. The Hall–Kier alpha value is -0.240. The molecule has 0 amide bonds. The van der Waals surface area contributed by atoms with Crippen molar-refractivity contribution in [3.8, 4) is 0 Å². The van der Waals surface area contributed by atoms with Gasteiger partial charge in [0.25, 0.3) is 0 Å². The summed E-state index contributed by atoms with van der Waals surface area (Å²) in [5.41, 5.74) is 0.220. The highest BCUT2D eigenvalue weighted by molar-refractivity contribution is 6.30. The van der Waals surface area contributed by atoms with Gasteiger partial charge in [-0.05, 0) is 38.0 Å². The van der Waals surface area contributed by atoms with Crippen LogP contribution in [-0.2, 0) is 6.42 Å². The number of rotatable bonds is 3. The van der Waals surface area contributed by atoms with Crippen LogP contribution < -0.4 is 0 Å². The van der Waals surface area contributed by atoms with Gasteiger partial charge in [0.1, 0.15) is 0 Å². The van der Waals surface area contributed by atoms with Gasteiger partial charge in [0.05, 0.1) is 11.0 Å². The molecule has 0 fully saturated rings. The van der Waals surface area contributed by atoms with Crippen molar-refractivity contribution in [2.45, 2.75) is 31.2 Å². The van der Waals surface area contributed by atoms with Crippen molar-refractivity contribution >= 4 is 23.2 Å². The lowest BCUT2D eigenvalue weighted by Gasteiger charge is -2.23. The molecule has 3 heteroatoms. The Morgan fingerprint density at radius 2 is 1.79 bits per heavy atom. The van der Waals surface area contributed by atoms with E-state index < -0.39 is 5.60 Å². The van der Waals surface area contributed by atoms with Crippen molar-refractivity contribution in [3.05, 3.63) is 34.9 Å². The highest BCUT2D eigenvalue weighted by Gasteiger charge is 2.24. The zero-order valence-electron chi connectivity index (χ0n) is 8.30. The zero-order chi connectivity index (χ0) is 10.8. The first kappa shape index (κ1) is 11.8. The second-order valence-corrected chi connectivity index (χ2v) is 4.92. The molecular formula is C11H14Cl2O. The molecule has 0 aliphatic rings. The number of alkyl halides is 1. The van der Waals surface area contributed by atoms with Gasteiger partial charge in [-0.3, -0.25) is 0 Å². The van der Waals surface area contributed by atoms with E-state index in [1.165, 1.54) is 0 Å². The van der Waals surface area contributed by atoms with Crippen LogP contribution in [0, 0.1) is 0 Å². The first-order chi connectivity index (χ1) is 6.39. The van der Waals surface area contributed by atoms with Crippen LogP contribution in [0.15, 0.2) is 24.3 Å². The predicted octanol–water partition coefficient (Wildman–Crippen LogP) is 3.26. The highest BCUT2D eigenvalue weighted by atomic mass is 35.5. The molecule has 0 aliphatic heterocycles. The molecule has 0 saturated carbocycles. The minimum Gasteiger partial charge on any atom is -0.389 e. The quantitative estimate of drug-likeness (QED) is 0.794. The minimum atomic E-state index is -0.860. The van der Waals surface area contributed by atoms with E-state index in [1.54, 1.807) is 13.8 Å². The molecule has 1 N–H and O–H groups in total. The Balaban J connectivity index is 2.65. The third-order valence-corrected chi connectivity index (χ3v) is 3.04. The third-order valence-electron chi connectivity index (χ3n) is 2.09. The summed E-state index contributed by atoms with van der Waals surface area (Å²) in [4.78, 5) is 0. The van der Waals surface area contributed by atoms with E-state index >= 15 is 0 Å². The summed E-state index contributed by atoms with van der Waals surface area (Å²) in [7, 11) is 0. The summed E-state index contributed by atoms with van der Waals surface area (Å²) in [6.45, 7) is 3.42. The molecule has 0 aromatic heterocycles. The van der Waals surface area contributed by atoms with Crippen molar-refractivity contribution in [1.82, 2.24) is 0 Å². The number of aliphatic hydroxyl groups is 1. The lowest BCUT2D eigenvalue weighted by molar-refractivity contribution is 0.0754. The molecule has 1 rings (SSSR count). The fourth-order valence-corrected chi connectivity index (χ4v) is 1.38. The van der Waals surface area contributed by atoms with E-state index in [2.05, 4.69) is 0 Å². The van der Waals surface area contributed by atoms with E-state index in [-0.39, 0.29) is 5.38 Å². The molecule has 1 unspecified atom stereocenters. The van der Waals surface area contributed by atoms with Crippen LogP contribution in [0.5, 0.6) is 0 Å². The molecule has 0 radical (unpaired) electrons. The Bertz CT molecular complexity index is 287. The topological polar surface area (TPSA) is 20.2 Å². The van der Waals surface area contributed by atoms with Gasteiger partial charge in [-0.2, -0.15) is 0 Å². The van der Waals surface area contributed by atoms with E-state index in [0.717, 1.165) is 5.56 Å². The average Bonchev–Trinajstić information content (AvgIpc) is 2.07. The van der Waals surface area contributed by atoms with Crippen LogP contribution >= 0.6 is 23.2 Å². The van der Waals surface area contributed by atoms with Crippen molar-refractivity contribution in [2.75, 3.05) is 0 Å². The lowest BCUT2D eigenvalue weighted by Crippen LogP contribution is -2.33. The van der Waals surface area contributed by atoms with E-state index in [4.69, 9.17) is 23.2 Å². The van der Waals surface area contributed by atoms with Gasteiger partial charge in [0.15, 0.2) is 0 Å². The lowest BCUT2D eigenvalue weighted by atomic mass is 9.98. The minimum absolute atomic E-state index is 0.288.